The van der Waals surface area contributed by atoms with Gasteiger partial charge in [-0.05, 0) is 11.6 Å². The minimum Gasteiger partial charge on any atom is -0.326 e. The third-order valence-corrected chi connectivity index (χ3v) is 2.67. The summed E-state index contributed by atoms with van der Waals surface area (Å²) >= 11 is 1.36. The Hall–Kier alpha value is -1.00. The van der Waals surface area contributed by atoms with E-state index in [9.17, 15) is 4.79 Å². The van der Waals surface area contributed by atoms with E-state index in [1.807, 2.05) is 24.3 Å². The third-order valence-electron chi connectivity index (χ3n) is 1.55. The second-order valence-electron chi connectivity index (χ2n) is 2.52. The molecule has 13 heavy (non-hydrogen) atoms. The molecule has 4 heteroatoms. The average molecular weight is 195 g/mol. The molecule has 0 fully saturated rings. The molecule has 1 radical (unpaired) electrons. The fourth-order valence-corrected chi connectivity index (χ4v) is 1.75. The van der Waals surface area contributed by atoms with E-state index >= 15 is 0 Å². The van der Waals surface area contributed by atoms with E-state index in [-0.39, 0.29) is 5.75 Å². The number of hydrogen-bond acceptors (Lipinski definition) is 3. The van der Waals surface area contributed by atoms with Crippen LogP contribution >= 0.6 is 11.8 Å². The molecule has 0 atom stereocenters. The highest BCUT2D eigenvalue weighted by atomic mass is 32.2. The third kappa shape index (κ3) is 3.08. The summed E-state index contributed by atoms with van der Waals surface area (Å²) in [6, 6.07) is 7.65. The second-order valence-corrected chi connectivity index (χ2v) is 3.54. The van der Waals surface area contributed by atoms with E-state index in [1.165, 1.54) is 11.8 Å². The fourth-order valence-electron chi connectivity index (χ4n) is 0.957. The SMILES string of the molecule is [NH]C(=O)CSc1ccccc1CN. The standard InChI is InChI=1S/C9H11N2OS/c10-5-7-3-1-2-4-8(7)13-6-9(11)12/h1-4,11H,5-6,10H2. The Morgan fingerprint density at radius 3 is 2.77 bits per heavy atom. The molecule has 0 bridgehead atoms. The highest BCUT2D eigenvalue weighted by molar-refractivity contribution is 8.00. The minimum absolute atomic E-state index is 0.191. The van der Waals surface area contributed by atoms with Crippen LogP contribution in [0.25, 0.3) is 0 Å². The Kier molecular flexibility index (Phi) is 3.79. The molecule has 0 aliphatic heterocycles. The molecule has 1 aromatic rings. The van der Waals surface area contributed by atoms with Crippen molar-refractivity contribution >= 4 is 17.7 Å². The van der Waals surface area contributed by atoms with Gasteiger partial charge in [-0.2, -0.15) is 0 Å². The van der Waals surface area contributed by atoms with Crippen LogP contribution in [-0.2, 0) is 11.3 Å². The van der Waals surface area contributed by atoms with Gasteiger partial charge in [-0.3, -0.25) is 10.5 Å². The van der Waals surface area contributed by atoms with Crippen molar-refractivity contribution in [2.75, 3.05) is 5.75 Å². The van der Waals surface area contributed by atoms with Crippen LogP contribution in [0.2, 0.25) is 0 Å². The molecular weight excluding hydrogens is 184 g/mol. The van der Waals surface area contributed by atoms with Gasteiger partial charge >= 0.3 is 0 Å². The summed E-state index contributed by atoms with van der Waals surface area (Å²) in [4.78, 5) is 11.4. The van der Waals surface area contributed by atoms with Gasteiger partial charge in [-0.1, -0.05) is 18.2 Å². The summed E-state index contributed by atoms with van der Waals surface area (Å²) in [6.45, 7) is 0.468. The highest BCUT2D eigenvalue weighted by Gasteiger charge is 2.02. The predicted octanol–water partition coefficient (Wildman–Crippen LogP) is 1.05. The topological polar surface area (TPSA) is 66.9 Å². The second kappa shape index (κ2) is 4.89. The quantitative estimate of drug-likeness (QED) is 0.730. The first kappa shape index (κ1) is 10.1. The number of thioether (sulfide) groups is 1. The normalized spacial score (nSPS) is 9.92. The molecule has 0 saturated heterocycles. The van der Waals surface area contributed by atoms with Crippen LogP contribution in [0.3, 0.4) is 0 Å². The maximum absolute atomic E-state index is 10.4. The van der Waals surface area contributed by atoms with Crippen molar-refractivity contribution in [3.8, 4) is 0 Å². The van der Waals surface area contributed by atoms with Crippen molar-refractivity contribution in [1.29, 1.82) is 0 Å². The van der Waals surface area contributed by atoms with Crippen LogP contribution in [0.1, 0.15) is 5.56 Å². The van der Waals surface area contributed by atoms with Crippen molar-refractivity contribution in [3.05, 3.63) is 29.8 Å². The molecule has 3 nitrogen and oxygen atoms in total. The van der Waals surface area contributed by atoms with Crippen LogP contribution < -0.4 is 11.5 Å². The van der Waals surface area contributed by atoms with Gasteiger partial charge in [0.05, 0.1) is 5.75 Å². The van der Waals surface area contributed by atoms with Crippen LogP contribution in [0.4, 0.5) is 0 Å². The van der Waals surface area contributed by atoms with Crippen LogP contribution in [0, 0.1) is 0 Å². The van der Waals surface area contributed by atoms with Gasteiger partial charge in [-0.25, -0.2) is 0 Å². The molecule has 0 heterocycles. The lowest BCUT2D eigenvalue weighted by atomic mass is 10.2. The number of nitrogens with two attached hydrogens (primary N) is 1. The minimum atomic E-state index is -0.558. The number of carbonyl (C=O) groups excluding carboxylic acids is 1. The van der Waals surface area contributed by atoms with Gasteiger partial charge in [0.25, 0.3) is 0 Å². The van der Waals surface area contributed by atoms with E-state index in [1.54, 1.807) is 0 Å². The van der Waals surface area contributed by atoms with Gasteiger partial charge in [0.2, 0.25) is 5.91 Å². The van der Waals surface area contributed by atoms with E-state index in [4.69, 9.17) is 11.5 Å². The van der Waals surface area contributed by atoms with E-state index in [0.29, 0.717) is 6.54 Å². The van der Waals surface area contributed by atoms with Gasteiger partial charge in [0, 0.05) is 11.4 Å². The Morgan fingerprint density at radius 2 is 2.15 bits per heavy atom. The van der Waals surface area contributed by atoms with Crippen LogP contribution in [-0.4, -0.2) is 11.7 Å². The van der Waals surface area contributed by atoms with Crippen molar-refractivity contribution in [3.63, 3.8) is 0 Å². The zero-order valence-electron chi connectivity index (χ0n) is 7.12. The summed E-state index contributed by atoms with van der Waals surface area (Å²) < 4.78 is 0. The maximum atomic E-state index is 10.4. The van der Waals surface area contributed by atoms with Gasteiger partial charge in [-0.15, -0.1) is 11.8 Å². The molecule has 0 saturated carbocycles. The van der Waals surface area contributed by atoms with Gasteiger partial charge in [0.1, 0.15) is 0 Å². The zero-order valence-corrected chi connectivity index (χ0v) is 7.93. The van der Waals surface area contributed by atoms with E-state index in [0.717, 1.165) is 10.5 Å². The van der Waals surface area contributed by atoms with Crippen LogP contribution in [0.5, 0.6) is 0 Å². The monoisotopic (exact) mass is 195 g/mol. The molecule has 0 aliphatic rings. The lowest BCUT2D eigenvalue weighted by molar-refractivity contribution is -0.116. The highest BCUT2D eigenvalue weighted by Crippen LogP contribution is 2.21. The Balaban J connectivity index is 2.69. The Labute approximate surface area is 81.5 Å². The molecule has 0 aliphatic carbocycles. The lowest BCUT2D eigenvalue weighted by Gasteiger charge is -2.04. The number of hydrogen-bond donors (Lipinski definition) is 1. The number of nitrogens with one attached hydrogen (secondary N) is 1. The molecular formula is C9H11N2OS. The van der Waals surface area contributed by atoms with Crippen molar-refractivity contribution in [2.45, 2.75) is 11.4 Å². The van der Waals surface area contributed by atoms with Gasteiger partial charge < -0.3 is 5.73 Å². The number of rotatable bonds is 4. The van der Waals surface area contributed by atoms with E-state index in [2.05, 4.69) is 0 Å². The Bertz CT molecular complexity index is 301. The number of amides is 1. The fraction of sp³-hybridized carbons (Fsp3) is 0.222. The Morgan fingerprint density at radius 1 is 1.46 bits per heavy atom. The molecule has 1 rings (SSSR count). The molecule has 0 spiro atoms. The zero-order chi connectivity index (χ0) is 9.68. The van der Waals surface area contributed by atoms with Crippen molar-refractivity contribution in [1.82, 2.24) is 5.73 Å². The molecule has 3 N–H and O–H groups in total. The first-order valence-electron chi connectivity index (χ1n) is 3.89. The van der Waals surface area contributed by atoms with Crippen molar-refractivity contribution in [2.24, 2.45) is 5.73 Å². The average Bonchev–Trinajstić information content (AvgIpc) is 2.15. The summed E-state index contributed by atoms with van der Waals surface area (Å²) in [6.07, 6.45) is 0. The largest absolute Gasteiger partial charge is 0.326 e. The molecule has 1 aromatic carbocycles. The van der Waals surface area contributed by atoms with Crippen molar-refractivity contribution < 1.29 is 4.79 Å². The first-order valence-corrected chi connectivity index (χ1v) is 4.88. The maximum Gasteiger partial charge on any atom is 0.248 e. The number of carbonyl (C=O) groups is 1. The summed E-state index contributed by atoms with van der Waals surface area (Å²) in [7, 11) is 0. The summed E-state index contributed by atoms with van der Waals surface area (Å²) in [5.41, 5.74) is 13.3. The van der Waals surface area contributed by atoms with Gasteiger partial charge in [0.15, 0.2) is 0 Å². The molecule has 69 valence electrons. The lowest BCUT2D eigenvalue weighted by Crippen LogP contribution is -2.03. The smallest absolute Gasteiger partial charge is 0.248 e. The summed E-state index contributed by atoms with van der Waals surface area (Å²) in [5.74, 6) is -0.367. The number of benzene rings is 1. The van der Waals surface area contributed by atoms with E-state index < -0.39 is 5.91 Å². The first-order chi connectivity index (χ1) is 6.24. The molecule has 1 amide bonds. The van der Waals surface area contributed by atoms with Crippen LogP contribution in [0.15, 0.2) is 29.2 Å². The molecule has 0 unspecified atom stereocenters. The summed E-state index contributed by atoms with van der Waals surface area (Å²) in [5, 5.41) is 0. The predicted molar refractivity (Wildman–Crippen MR) is 53.2 cm³/mol. The molecule has 0 aromatic heterocycles.